The molecule has 2 aromatic carbocycles. The van der Waals surface area contributed by atoms with Gasteiger partial charge in [0.1, 0.15) is 5.75 Å². The molecule has 74 heavy (non-hydrogen) atoms. The summed E-state index contributed by atoms with van der Waals surface area (Å²) in [5.74, 6) is 1.05. The van der Waals surface area contributed by atoms with Gasteiger partial charge in [0.15, 0.2) is 5.78 Å². The molecule has 0 fully saturated rings. The van der Waals surface area contributed by atoms with Crippen LogP contribution in [0.25, 0.3) is 11.1 Å². The fourth-order valence-electron chi connectivity index (χ4n) is 12.6. The fourth-order valence-corrected chi connectivity index (χ4v) is 12.6. The van der Waals surface area contributed by atoms with Crippen LogP contribution in [0.4, 0.5) is 0 Å². The summed E-state index contributed by atoms with van der Waals surface area (Å²) in [7, 11) is 0. The quantitative estimate of drug-likeness (QED) is 0.0527. The molecule has 0 aromatic heterocycles. The second kappa shape index (κ2) is 48.1. The predicted molar refractivity (Wildman–Crippen MR) is 330 cm³/mol. The molecule has 2 heteroatoms. The summed E-state index contributed by atoms with van der Waals surface area (Å²) < 4.78 is 6.94. The van der Waals surface area contributed by atoms with Crippen LogP contribution >= 0.6 is 0 Å². The van der Waals surface area contributed by atoms with Gasteiger partial charge in [-0.15, -0.1) is 0 Å². The maximum absolute atomic E-state index is 13.5. The SMILES string of the molecule is CCCCCCCCCCCCCCCCCCCC(CCCCCCCCCCCCCCCCCCC)(CCCCCCCCCCCCCCCCCCC)COc1ccc2c(c1)C(=O)c1ccccc1-2. The van der Waals surface area contributed by atoms with Crippen LogP contribution in [0.5, 0.6) is 5.75 Å². The van der Waals surface area contributed by atoms with E-state index in [1.165, 1.54) is 347 Å². The summed E-state index contributed by atoms with van der Waals surface area (Å²) in [6, 6.07) is 14.5. The van der Waals surface area contributed by atoms with E-state index in [2.05, 4.69) is 51.1 Å². The lowest BCUT2D eigenvalue weighted by molar-refractivity contribution is 0.0997. The highest BCUT2D eigenvalue weighted by molar-refractivity contribution is 6.21. The molecule has 0 saturated carbocycles. The Kier molecular flexibility index (Phi) is 43.0. The highest BCUT2D eigenvalue weighted by Gasteiger charge is 2.31. The minimum absolute atomic E-state index is 0.155. The summed E-state index contributed by atoms with van der Waals surface area (Å²) in [5.41, 5.74) is 4.02. The molecule has 2 aromatic rings. The molecule has 426 valence electrons. The number of hydrogen-bond acceptors (Lipinski definition) is 2. The van der Waals surface area contributed by atoms with Gasteiger partial charge in [0.25, 0.3) is 0 Å². The van der Waals surface area contributed by atoms with Gasteiger partial charge in [-0.05, 0) is 48.6 Å². The number of carbonyl (C=O) groups is 1. The zero-order valence-electron chi connectivity index (χ0n) is 50.2. The first-order chi connectivity index (χ1) is 36.6. The topological polar surface area (TPSA) is 26.3 Å². The molecule has 0 spiro atoms. The molecule has 2 nitrogen and oxygen atoms in total. The number of benzene rings is 2. The normalized spacial score (nSPS) is 12.3. The molecule has 3 rings (SSSR count). The van der Waals surface area contributed by atoms with Crippen LogP contribution in [-0.2, 0) is 0 Å². The summed E-state index contributed by atoms with van der Waals surface area (Å²) >= 11 is 0. The third kappa shape index (κ3) is 33.3. The molecule has 0 N–H and O–H groups in total. The first-order valence-corrected chi connectivity index (χ1v) is 34.0. The Hall–Kier alpha value is -2.09. The lowest BCUT2D eigenvalue weighted by Gasteiger charge is -2.34. The predicted octanol–water partition coefficient (Wildman–Crippen LogP) is 25.4. The fraction of sp³-hybridized carbons (Fsp3) is 0.819. The van der Waals surface area contributed by atoms with Crippen LogP contribution in [-0.4, -0.2) is 12.4 Å². The van der Waals surface area contributed by atoms with Gasteiger partial charge in [-0.3, -0.25) is 4.79 Å². The Morgan fingerprint density at radius 2 is 0.527 bits per heavy atom. The number of ketones is 1. The van der Waals surface area contributed by atoms with Gasteiger partial charge < -0.3 is 4.74 Å². The van der Waals surface area contributed by atoms with Crippen LogP contribution < -0.4 is 4.74 Å². The van der Waals surface area contributed by atoms with Crippen molar-refractivity contribution >= 4 is 5.78 Å². The number of unbranched alkanes of at least 4 members (excludes halogenated alkanes) is 48. The first-order valence-electron chi connectivity index (χ1n) is 34.0. The second-order valence-electron chi connectivity index (χ2n) is 24.6. The molecule has 0 radical (unpaired) electrons. The molecule has 1 aliphatic rings. The highest BCUT2D eigenvalue weighted by Crippen LogP contribution is 2.41. The van der Waals surface area contributed by atoms with E-state index in [1.54, 1.807) is 0 Å². The van der Waals surface area contributed by atoms with Crippen molar-refractivity contribution in [2.24, 2.45) is 5.41 Å². The van der Waals surface area contributed by atoms with Crippen molar-refractivity contribution in [3.8, 4) is 16.9 Å². The number of ether oxygens (including phenoxy) is 1. The van der Waals surface area contributed by atoms with E-state index in [0.29, 0.717) is 0 Å². The molecule has 0 saturated heterocycles. The van der Waals surface area contributed by atoms with Crippen LogP contribution in [0.15, 0.2) is 42.5 Å². The van der Waals surface area contributed by atoms with Gasteiger partial charge in [0.05, 0.1) is 6.61 Å². The van der Waals surface area contributed by atoms with Crippen molar-refractivity contribution < 1.29 is 9.53 Å². The largest absolute Gasteiger partial charge is 0.493 e. The lowest BCUT2D eigenvalue weighted by Crippen LogP contribution is -2.29. The first kappa shape index (κ1) is 66.2. The van der Waals surface area contributed by atoms with Crippen LogP contribution in [0.3, 0.4) is 0 Å². The van der Waals surface area contributed by atoms with Crippen molar-refractivity contribution in [3.05, 3.63) is 53.6 Å². The van der Waals surface area contributed by atoms with Gasteiger partial charge in [-0.25, -0.2) is 0 Å². The lowest BCUT2D eigenvalue weighted by atomic mass is 9.74. The summed E-state index contributed by atoms with van der Waals surface area (Å²) in [5, 5.41) is 0. The third-order valence-corrected chi connectivity index (χ3v) is 17.7. The molecular formula is C72H126O2. The summed E-state index contributed by atoms with van der Waals surface area (Å²) in [6.45, 7) is 7.74. The van der Waals surface area contributed by atoms with Gasteiger partial charge in [-0.2, -0.15) is 0 Å². The molecular weight excluding hydrogens is 897 g/mol. The van der Waals surface area contributed by atoms with E-state index < -0.39 is 0 Å². The minimum atomic E-state index is 0.155. The van der Waals surface area contributed by atoms with E-state index in [0.717, 1.165) is 34.6 Å². The van der Waals surface area contributed by atoms with Crippen molar-refractivity contribution in [2.75, 3.05) is 6.61 Å². The third-order valence-electron chi connectivity index (χ3n) is 17.7. The summed E-state index contributed by atoms with van der Waals surface area (Å²) in [4.78, 5) is 13.5. The van der Waals surface area contributed by atoms with Crippen molar-refractivity contribution in [3.63, 3.8) is 0 Å². The van der Waals surface area contributed by atoms with E-state index in [1.807, 2.05) is 12.1 Å². The average molecular weight is 1020 g/mol. The minimum Gasteiger partial charge on any atom is -0.493 e. The van der Waals surface area contributed by atoms with Crippen LogP contribution in [0.2, 0.25) is 0 Å². The number of rotatable bonds is 57. The Morgan fingerprint density at radius 3 is 0.811 bits per heavy atom. The van der Waals surface area contributed by atoms with Gasteiger partial charge >= 0.3 is 0 Å². The Bertz CT molecular complexity index is 1450. The Labute approximate surface area is 463 Å². The maximum atomic E-state index is 13.5. The number of carbonyl (C=O) groups excluding carboxylic acids is 1. The maximum Gasteiger partial charge on any atom is 0.194 e. The van der Waals surface area contributed by atoms with Gasteiger partial charge in [0, 0.05) is 16.5 Å². The molecule has 1 aliphatic carbocycles. The van der Waals surface area contributed by atoms with Crippen molar-refractivity contribution in [2.45, 2.75) is 367 Å². The van der Waals surface area contributed by atoms with E-state index in [-0.39, 0.29) is 11.2 Å². The summed E-state index contributed by atoms with van der Waals surface area (Å²) in [6.07, 6.45) is 76.5. The molecule has 0 amide bonds. The molecule has 0 heterocycles. The standard InChI is InChI=1S/C72H126O2/c1-4-7-10-13-16-19-22-25-28-31-34-37-40-43-46-49-54-61-72(62-55-50-47-44-41-38-35-32-29-26-23-20-17-14-11-8-5-2,63-56-51-48-45-42-39-36-33-30-27-24-21-18-15-12-9-6-3)65-74-66-59-60-68-67-57-52-53-58-69(67)71(73)70(68)64-66/h52-53,57-60,64H,4-51,54-56,61-63,65H2,1-3H3. The zero-order chi connectivity index (χ0) is 52.5. The molecule has 0 aliphatic heterocycles. The molecule has 0 atom stereocenters. The van der Waals surface area contributed by atoms with Crippen LogP contribution in [0, 0.1) is 5.41 Å². The van der Waals surface area contributed by atoms with Gasteiger partial charge in [-0.1, -0.05) is 372 Å². The van der Waals surface area contributed by atoms with Gasteiger partial charge in [0.2, 0.25) is 0 Å². The van der Waals surface area contributed by atoms with E-state index in [4.69, 9.17) is 4.74 Å². The monoisotopic (exact) mass is 1020 g/mol. The Morgan fingerprint density at radius 1 is 0.284 bits per heavy atom. The zero-order valence-corrected chi connectivity index (χ0v) is 50.2. The molecule has 0 unspecified atom stereocenters. The van der Waals surface area contributed by atoms with Crippen molar-refractivity contribution in [1.82, 2.24) is 0 Å². The second-order valence-corrected chi connectivity index (χ2v) is 24.6. The van der Waals surface area contributed by atoms with E-state index in [9.17, 15) is 4.79 Å². The highest BCUT2D eigenvalue weighted by atomic mass is 16.5. The van der Waals surface area contributed by atoms with E-state index >= 15 is 0 Å². The number of hydrogen-bond donors (Lipinski definition) is 0. The smallest absolute Gasteiger partial charge is 0.194 e. The van der Waals surface area contributed by atoms with Crippen LogP contribution in [0.1, 0.15) is 383 Å². The molecule has 0 bridgehead atoms. The number of fused-ring (bicyclic) bond motifs is 3. The van der Waals surface area contributed by atoms with Crippen molar-refractivity contribution in [1.29, 1.82) is 0 Å². The average Bonchev–Trinajstić information content (AvgIpc) is 3.70. The Balaban J connectivity index is 1.47.